The van der Waals surface area contributed by atoms with Gasteiger partial charge in [-0.05, 0) is 18.1 Å². The fraction of sp³-hybridized carbons (Fsp3) is 0.357. The predicted octanol–water partition coefficient (Wildman–Crippen LogP) is 1.65. The number of carboxylic acid groups (broad SMARTS) is 1. The molecule has 3 rings (SSSR count). The second kappa shape index (κ2) is 5.06. The van der Waals surface area contributed by atoms with Crippen LogP contribution in [0.25, 0.3) is 10.9 Å². The van der Waals surface area contributed by atoms with Crippen LogP contribution in [-0.4, -0.2) is 41.9 Å². The fourth-order valence-corrected chi connectivity index (χ4v) is 4.63. The standard InChI is InChI=1S/C14H15FN2O4S/c1-8-6-17(7-9(8)14(18)19)22(20,21)12-5-16-11-4-2-3-10(15)13(11)12/h2-5,8-9,16H,6-7H2,1H3,(H,18,19)/t8-,9-/m1/s1. The van der Waals surface area contributed by atoms with E-state index < -0.39 is 27.7 Å². The molecule has 1 aromatic carbocycles. The van der Waals surface area contributed by atoms with E-state index in [9.17, 15) is 17.6 Å². The summed E-state index contributed by atoms with van der Waals surface area (Å²) < 4.78 is 40.5. The van der Waals surface area contributed by atoms with E-state index in [1.54, 1.807) is 13.0 Å². The van der Waals surface area contributed by atoms with Crippen molar-refractivity contribution in [3.63, 3.8) is 0 Å². The molecule has 0 unspecified atom stereocenters. The third kappa shape index (κ3) is 2.19. The Balaban J connectivity index is 2.05. The number of aromatic amines is 1. The number of hydrogen-bond donors (Lipinski definition) is 2. The maximum Gasteiger partial charge on any atom is 0.308 e. The molecular formula is C14H15FN2O4S. The van der Waals surface area contributed by atoms with Gasteiger partial charge in [-0.2, -0.15) is 4.31 Å². The first-order valence-electron chi connectivity index (χ1n) is 6.81. The van der Waals surface area contributed by atoms with Crippen molar-refractivity contribution in [3.8, 4) is 0 Å². The Morgan fingerprint density at radius 2 is 2.14 bits per heavy atom. The van der Waals surface area contributed by atoms with Crippen LogP contribution in [0.4, 0.5) is 4.39 Å². The molecule has 22 heavy (non-hydrogen) atoms. The molecule has 0 bridgehead atoms. The van der Waals surface area contributed by atoms with Crippen molar-refractivity contribution in [2.45, 2.75) is 11.8 Å². The highest BCUT2D eigenvalue weighted by Crippen LogP contribution is 2.32. The highest BCUT2D eigenvalue weighted by molar-refractivity contribution is 7.89. The van der Waals surface area contributed by atoms with Crippen LogP contribution in [0.2, 0.25) is 0 Å². The van der Waals surface area contributed by atoms with Gasteiger partial charge in [-0.3, -0.25) is 4.79 Å². The summed E-state index contributed by atoms with van der Waals surface area (Å²) in [5.74, 6) is -2.68. The average molecular weight is 326 g/mol. The Morgan fingerprint density at radius 3 is 2.77 bits per heavy atom. The summed E-state index contributed by atoms with van der Waals surface area (Å²) in [5, 5.41) is 9.13. The third-order valence-corrected chi connectivity index (χ3v) is 5.99. The molecule has 2 atom stereocenters. The summed E-state index contributed by atoms with van der Waals surface area (Å²) in [6, 6.07) is 4.27. The number of aromatic nitrogens is 1. The largest absolute Gasteiger partial charge is 0.481 e. The molecule has 118 valence electrons. The van der Waals surface area contributed by atoms with E-state index in [0.717, 1.165) is 4.31 Å². The number of benzene rings is 1. The van der Waals surface area contributed by atoms with Crippen molar-refractivity contribution in [3.05, 3.63) is 30.2 Å². The van der Waals surface area contributed by atoms with E-state index in [0.29, 0.717) is 5.52 Å². The molecule has 0 saturated carbocycles. The molecule has 0 spiro atoms. The summed E-state index contributed by atoms with van der Waals surface area (Å²) in [7, 11) is -3.95. The number of carbonyl (C=O) groups is 1. The Hall–Kier alpha value is -1.93. The number of nitrogens with zero attached hydrogens (tertiary/aromatic N) is 1. The van der Waals surface area contributed by atoms with Crippen molar-refractivity contribution < 1.29 is 22.7 Å². The van der Waals surface area contributed by atoms with E-state index in [2.05, 4.69) is 4.98 Å². The van der Waals surface area contributed by atoms with E-state index in [-0.39, 0.29) is 29.3 Å². The van der Waals surface area contributed by atoms with E-state index in [1.165, 1.54) is 18.3 Å². The number of fused-ring (bicyclic) bond motifs is 1. The molecule has 8 heteroatoms. The van der Waals surface area contributed by atoms with Gasteiger partial charge in [-0.25, -0.2) is 12.8 Å². The molecule has 0 aliphatic carbocycles. The number of sulfonamides is 1. The van der Waals surface area contributed by atoms with Crippen molar-refractivity contribution in [1.82, 2.24) is 9.29 Å². The van der Waals surface area contributed by atoms with E-state index in [4.69, 9.17) is 5.11 Å². The Kier molecular flexibility index (Phi) is 3.45. The summed E-state index contributed by atoms with van der Waals surface area (Å²) >= 11 is 0. The van der Waals surface area contributed by atoms with Crippen molar-refractivity contribution in [2.24, 2.45) is 11.8 Å². The Labute approximate surface area is 126 Å². The lowest BCUT2D eigenvalue weighted by Gasteiger charge is -2.15. The molecule has 1 aliphatic heterocycles. The molecule has 1 aromatic heterocycles. The fourth-order valence-electron chi connectivity index (χ4n) is 2.89. The lowest BCUT2D eigenvalue weighted by Crippen LogP contribution is -2.30. The maximum atomic E-state index is 14.0. The number of nitrogens with one attached hydrogen (secondary N) is 1. The third-order valence-electron chi connectivity index (χ3n) is 4.13. The number of hydrogen-bond acceptors (Lipinski definition) is 3. The van der Waals surface area contributed by atoms with Crippen molar-refractivity contribution in [1.29, 1.82) is 0 Å². The zero-order chi connectivity index (χ0) is 16.1. The van der Waals surface area contributed by atoms with Crippen LogP contribution in [0.1, 0.15) is 6.92 Å². The number of halogens is 1. The second-order valence-corrected chi connectivity index (χ2v) is 7.47. The van der Waals surface area contributed by atoms with Crippen LogP contribution in [0.15, 0.2) is 29.3 Å². The summed E-state index contributed by atoms with van der Waals surface area (Å²) in [5.41, 5.74) is 0.389. The minimum Gasteiger partial charge on any atom is -0.481 e. The van der Waals surface area contributed by atoms with Crippen molar-refractivity contribution in [2.75, 3.05) is 13.1 Å². The number of carboxylic acids is 1. The normalized spacial score (nSPS) is 23.2. The molecule has 1 fully saturated rings. The van der Waals surface area contributed by atoms with Crippen LogP contribution in [-0.2, 0) is 14.8 Å². The maximum absolute atomic E-state index is 14.0. The van der Waals surface area contributed by atoms with Crippen LogP contribution < -0.4 is 0 Å². The van der Waals surface area contributed by atoms with Gasteiger partial charge in [0.15, 0.2) is 0 Å². The lowest BCUT2D eigenvalue weighted by molar-refractivity contribution is -0.142. The first-order valence-corrected chi connectivity index (χ1v) is 8.25. The van der Waals surface area contributed by atoms with Gasteiger partial charge >= 0.3 is 5.97 Å². The van der Waals surface area contributed by atoms with Gasteiger partial charge in [-0.15, -0.1) is 0 Å². The molecule has 1 aliphatic rings. The zero-order valence-electron chi connectivity index (χ0n) is 11.8. The van der Waals surface area contributed by atoms with Crippen LogP contribution >= 0.6 is 0 Å². The number of rotatable bonds is 3. The zero-order valence-corrected chi connectivity index (χ0v) is 12.6. The van der Waals surface area contributed by atoms with Gasteiger partial charge in [0.2, 0.25) is 10.0 Å². The number of aliphatic carboxylic acids is 1. The van der Waals surface area contributed by atoms with Crippen LogP contribution in [0, 0.1) is 17.7 Å². The average Bonchev–Trinajstić information content (AvgIpc) is 3.03. The second-order valence-electron chi connectivity index (χ2n) is 5.56. The Morgan fingerprint density at radius 1 is 1.41 bits per heavy atom. The summed E-state index contributed by atoms with van der Waals surface area (Å²) in [6.07, 6.45) is 1.25. The predicted molar refractivity (Wildman–Crippen MR) is 77.3 cm³/mol. The van der Waals surface area contributed by atoms with Crippen LogP contribution in [0.3, 0.4) is 0 Å². The van der Waals surface area contributed by atoms with Crippen LogP contribution in [0.5, 0.6) is 0 Å². The quantitative estimate of drug-likeness (QED) is 0.897. The topological polar surface area (TPSA) is 90.5 Å². The molecular weight excluding hydrogens is 311 g/mol. The smallest absolute Gasteiger partial charge is 0.308 e. The van der Waals surface area contributed by atoms with Gasteiger partial charge in [0.1, 0.15) is 10.7 Å². The molecule has 2 heterocycles. The highest BCUT2D eigenvalue weighted by atomic mass is 32.2. The van der Waals surface area contributed by atoms with Gasteiger partial charge in [0, 0.05) is 24.8 Å². The molecule has 1 saturated heterocycles. The van der Waals surface area contributed by atoms with Crippen molar-refractivity contribution >= 4 is 26.9 Å². The van der Waals surface area contributed by atoms with E-state index in [1.807, 2.05) is 0 Å². The molecule has 0 amide bonds. The van der Waals surface area contributed by atoms with Gasteiger partial charge in [0.05, 0.1) is 11.3 Å². The minimum absolute atomic E-state index is 0.00827. The SMILES string of the molecule is C[C@@H]1CN(S(=O)(=O)c2c[nH]c3cccc(F)c23)C[C@H]1C(=O)O. The van der Waals surface area contributed by atoms with Gasteiger partial charge in [0.25, 0.3) is 0 Å². The van der Waals surface area contributed by atoms with E-state index >= 15 is 0 Å². The first kappa shape index (κ1) is 15.0. The monoisotopic (exact) mass is 326 g/mol. The molecule has 2 N–H and O–H groups in total. The van der Waals surface area contributed by atoms with Gasteiger partial charge in [-0.1, -0.05) is 13.0 Å². The molecule has 2 aromatic rings. The Bertz CT molecular complexity index is 846. The minimum atomic E-state index is -3.95. The summed E-state index contributed by atoms with van der Waals surface area (Å²) in [6.45, 7) is 1.71. The lowest BCUT2D eigenvalue weighted by atomic mass is 9.99. The number of H-pyrrole nitrogens is 1. The highest BCUT2D eigenvalue weighted by Gasteiger charge is 2.41. The molecule has 6 nitrogen and oxygen atoms in total. The molecule has 0 radical (unpaired) electrons. The summed E-state index contributed by atoms with van der Waals surface area (Å²) in [4.78, 5) is 13.7. The van der Waals surface area contributed by atoms with Gasteiger partial charge < -0.3 is 10.1 Å². The first-order chi connectivity index (χ1) is 10.3.